The van der Waals surface area contributed by atoms with Gasteiger partial charge < -0.3 is 4.90 Å². The molecule has 0 aromatic heterocycles. The summed E-state index contributed by atoms with van der Waals surface area (Å²) in [5.74, 6) is -16.1. The molecular formula is C11H10F11NO2. The number of carbonyl (C=O) groups is 1. The molecule has 1 fully saturated rings. The van der Waals surface area contributed by atoms with E-state index in [9.17, 15) is 53.1 Å². The minimum atomic E-state index is -7.18. The van der Waals surface area contributed by atoms with Gasteiger partial charge >= 0.3 is 30.2 Å². The molecule has 1 saturated heterocycles. The summed E-state index contributed by atoms with van der Waals surface area (Å²) in [7, 11) is 0. The van der Waals surface area contributed by atoms with Gasteiger partial charge in [0.1, 0.15) is 0 Å². The number of rotatable bonds is 4. The number of hydrogen-bond donors (Lipinski definition) is 0. The van der Waals surface area contributed by atoms with E-state index in [0.29, 0.717) is 6.42 Å². The van der Waals surface area contributed by atoms with Crippen LogP contribution in [0, 0.1) is 0 Å². The lowest BCUT2D eigenvalue weighted by Gasteiger charge is -2.37. The smallest absolute Gasteiger partial charge is 0.337 e. The van der Waals surface area contributed by atoms with Gasteiger partial charge in [0, 0.05) is 13.1 Å². The average Bonchev–Trinajstić information content (AvgIpc) is 2.44. The number of alkyl halides is 11. The van der Waals surface area contributed by atoms with E-state index in [0.717, 1.165) is 0 Å². The number of ether oxygens (including phenoxy) is 1. The third kappa shape index (κ3) is 3.92. The van der Waals surface area contributed by atoms with E-state index in [-0.39, 0.29) is 17.7 Å². The Labute approximate surface area is 132 Å². The Morgan fingerprint density at radius 3 is 1.52 bits per heavy atom. The van der Waals surface area contributed by atoms with Gasteiger partial charge in [-0.15, -0.1) is 0 Å². The summed E-state index contributed by atoms with van der Waals surface area (Å²) in [5, 5.41) is 0. The molecule has 1 amide bonds. The molecule has 3 nitrogen and oxygen atoms in total. The lowest BCUT2D eigenvalue weighted by Crippen LogP contribution is -2.64. The number of amides is 1. The van der Waals surface area contributed by atoms with E-state index < -0.39 is 49.2 Å². The van der Waals surface area contributed by atoms with Crippen molar-refractivity contribution in [2.24, 2.45) is 0 Å². The minimum Gasteiger partial charge on any atom is -0.337 e. The van der Waals surface area contributed by atoms with Gasteiger partial charge in [-0.1, -0.05) is 0 Å². The fourth-order valence-electron chi connectivity index (χ4n) is 1.93. The van der Waals surface area contributed by atoms with E-state index in [1.165, 1.54) is 0 Å². The van der Waals surface area contributed by atoms with Gasteiger partial charge in [0.05, 0.1) is 0 Å². The Kier molecular flexibility index (Phi) is 5.58. The van der Waals surface area contributed by atoms with Crippen LogP contribution in [0.4, 0.5) is 48.3 Å². The monoisotopic (exact) mass is 397 g/mol. The van der Waals surface area contributed by atoms with Crippen molar-refractivity contribution in [3.63, 3.8) is 0 Å². The second-order valence-electron chi connectivity index (χ2n) is 5.14. The highest BCUT2D eigenvalue weighted by molar-refractivity contribution is 5.84. The summed E-state index contributed by atoms with van der Waals surface area (Å²) < 4.78 is 142. The molecule has 0 unspecified atom stereocenters. The fraction of sp³-hybridized carbons (Fsp3) is 0.909. The van der Waals surface area contributed by atoms with E-state index >= 15 is 0 Å². The summed E-state index contributed by atoms with van der Waals surface area (Å²) in [6.07, 6.45) is -20.2. The molecule has 0 N–H and O–H groups in total. The highest BCUT2D eigenvalue weighted by atomic mass is 19.4. The Morgan fingerprint density at radius 2 is 1.16 bits per heavy atom. The van der Waals surface area contributed by atoms with Crippen LogP contribution in [-0.2, 0) is 9.53 Å². The van der Waals surface area contributed by atoms with Crippen molar-refractivity contribution in [3.05, 3.63) is 0 Å². The summed E-state index contributed by atoms with van der Waals surface area (Å²) in [4.78, 5) is 11.6. The van der Waals surface area contributed by atoms with Crippen LogP contribution < -0.4 is 0 Å². The maximum Gasteiger partial charge on any atom is 0.462 e. The molecule has 0 aromatic rings. The summed E-state index contributed by atoms with van der Waals surface area (Å²) in [6, 6.07) is 0. The number of carbonyl (C=O) groups excluding carboxylic acids is 1. The predicted octanol–water partition coefficient (Wildman–Crippen LogP) is 4.03. The molecular weight excluding hydrogens is 387 g/mol. The van der Waals surface area contributed by atoms with Gasteiger partial charge in [0.2, 0.25) is 0 Å². The second kappa shape index (κ2) is 6.43. The molecule has 1 aliphatic heterocycles. The highest BCUT2D eigenvalue weighted by Crippen LogP contribution is 2.51. The lowest BCUT2D eigenvalue weighted by atomic mass is 10.1. The van der Waals surface area contributed by atoms with Gasteiger partial charge in [-0.2, -0.15) is 48.3 Å². The molecule has 0 saturated carbocycles. The Morgan fingerprint density at radius 1 is 0.720 bits per heavy atom. The van der Waals surface area contributed by atoms with Crippen molar-refractivity contribution in [2.45, 2.75) is 49.5 Å². The summed E-state index contributed by atoms with van der Waals surface area (Å²) >= 11 is 0. The van der Waals surface area contributed by atoms with Crippen molar-refractivity contribution in [1.82, 2.24) is 4.90 Å². The first-order valence-electron chi connectivity index (χ1n) is 6.55. The van der Waals surface area contributed by atoms with Crippen LogP contribution in [0.2, 0.25) is 0 Å². The molecule has 0 aliphatic carbocycles. The third-order valence-corrected chi connectivity index (χ3v) is 3.27. The second-order valence-corrected chi connectivity index (χ2v) is 5.14. The molecule has 1 rings (SSSR count). The zero-order valence-electron chi connectivity index (χ0n) is 12.0. The Hall–Kier alpha value is -1.34. The molecule has 1 heterocycles. The average molecular weight is 397 g/mol. The van der Waals surface area contributed by atoms with Crippen molar-refractivity contribution in [2.75, 3.05) is 13.1 Å². The van der Waals surface area contributed by atoms with Crippen LogP contribution in [0.1, 0.15) is 19.3 Å². The molecule has 0 spiro atoms. The molecule has 0 aromatic carbocycles. The fourth-order valence-corrected chi connectivity index (χ4v) is 1.93. The van der Waals surface area contributed by atoms with Gasteiger partial charge in [-0.25, -0.2) is 0 Å². The van der Waals surface area contributed by atoms with E-state index in [1.54, 1.807) is 0 Å². The standard InChI is InChI=1S/C11H10F11NO2/c12-7(9(15,16)17,6(24)23-4-2-1-3-5-23)25-11(21,22)8(13,14)10(18,19)20/h1-5H2/t7-/m0/s1. The first-order valence-corrected chi connectivity index (χ1v) is 6.55. The van der Waals surface area contributed by atoms with Crippen LogP contribution >= 0.6 is 0 Å². The highest BCUT2D eigenvalue weighted by Gasteiger charge is 2.79. The van der Waals surface area contributed by atoms with Gasteiger partial charge in [-0.3, -0.25) is 9.53 Å². The number of likely N-dealkylation sites (tertiary alicyclic amines) is 1. The van der Waals surface area contributed by atoms with Gasteiger partial charge in [0.15, 0.2) is 0 Å². The van der Waals surface area contributed by atoms with Crippen LogP contribution in [0.3, 0.4) is 0 Å². The van der Waals surface area contributed by atoms with Crippen molar-refractivity contribution in [1.29, 1.82) is 0 Å². The molecule has 0 radical (unpaired) electrons. The van der Waals surface area contributed by atoms with Crippen molar-refractivity contribution < 1.29 is 57.8 Å². The maximum absolute atomic E-state index is 14.0. The van der Waals surface area contributed by atoms with Crippen molar-refractivity contribution >= 4 is 5.91 Å². The normalized spacial score (nSPS) is 20.4. The van der Waals surface area contributed by atoms with Crippen LogP contribution in [-0.4, -0.2) is 54.1 Å². The number of nitrogens with zero attached hydrogens (tertiary/aromatic N) is 1. The largest absolute Gasteiger partial charge is 0.462 e. The molecule has 14 heteroatoms. The zero-order chi connectivity index (χ0) is 19.9. The molecule has 0 bridgehead atoms. The lowest BCUT2D eigenvalue weighted by molar-refractivity contribution is -0.473. The van der Waals surface area contributed by atoms with E-state index in [1.807, 2.05) is 0 Å². The quantitative estimate of drug-likeness (QED) is 0.671. The van der Waals surface area contributed by atoms with Crippen LogP contribution in [0.5, 0.6) is 0 Å². The van der Waals surface area contributed by atoms with Crippen LogP contribution in [0.15, 0.2) is 0 Å². The number of piperidine rings is 1. The SMILES string of the molecule is O=C(N1CCCCC1)[C@](F)(OC(F)(F)C(F)(F)C(F)(F)F)C(F)(F)F. The predicted molar refractivity (Wildman–Crippen MR) is 57.4 cm³/mol. The van der Waals surface area contributed by atoms with Crippen LogP contribution in [0.25, 0.3) is 0 Å². The number of halogens is 11. The summed E-state index contributed by atoms with van der Waals surface area (Å²) in [6.45, 7) is -1.07. The Bertz CT molecular complexity index is 495. The molecule has 148 valence electrons. The van der Waals surface area contributed by atoms with Gasteiger partial charge in [-0.05, 0) is 19.3 Å². The van der Waals surface area contributed by atoms with E-state index in [2.05, 4.69) is 4.74 Å². The van der Waals surface area contributed by atoms with Crippen molar-refractivity contribution in [3.8, 4) is 0 Å². The number of hydrogen-bond acceptors (Lipinski definition) is 2. The minimum absolute atomic E-state index is 0.0504. The molecule has 25 heavy (non-hydrogen) atoms. The zero-order valence-corrected chi connectivity index (χ0v) is 12.0. The Balaban J connectivity index is 3.25. The summed E-state index contributed by atoms with van der Waals surface area (Å²) in [5.41, 5.74) is 0. The molecule has 1 aliphatic rings. The third-order valence-electron chi connectivity index (χ3n) is 3.27. The van der Waals surface area contributed by atoms with E-state index in [4.69, 9.17) is 0 Å². The molecule has 1 atom stereocenters. The van der Waals surface area contributed by atoms with Gasteiger partial charge in [0.25, 0.3) is 5.91 Å². The topological polar surface area (TPSA) is 29.5 Å². The maximum atomic E-state index is 14.0. The first kappa shape index (κ1) is 21.7. The first-order chi connectivity index (χ1) is 11.0.